The van der Waals surface area contributed by atoms with Crippen molar-refractivity contribution in [2.75, 3.05) is 26.2 Å². The van der Waals surface area contributed by atoms with Crippen LogP contribution in [-0.4, -0.2) is 57.1 Å². The smallest absolute Gasteiger partial charge is 0.331 e. The highest BCUT2D eigenvalue weighted by Gasteiger charge is 2.31. The summed E-state index contributed by atoms with van der Waals surface area (Å²) in [5.74, 6) is -0.248. The maximum Gasteiger partial charge on any atom is 0.331 e. The van der Waals surface area contributed by atoms with Gasteiger partial charge in [-0.3, -0.25) is 23.6 Å². The zero-order valence-electron chi connectivity index (χ0n) is 15.7. The summed E-state index contributed by atoms with van der Waals surface area (Å²) in [6.07, 6.45) is 2.13. The summed E-state index contributed by atoms with van der Waals surface area (Å²) < 4.78 is 2.26. The lowest BCUT2D eigenvalue weighted by Crippen LogP contribution is -2.53. The van der Waals surface area contributed by atoms with Crippen molar-refractivity contribution < 1.29 is 4.79 Å². The van der Waals surface area contributed by atoms with Gasteiger partial charge in [-0.25, -0.2) is 4.79 Å². The van der Waals surface area contributed by atoms with Crippen molar-refractivity contribution in [1.82, 2.24) is 18.9 Å². The molecule has 2 aliphatic rings. The van der Waals surface area contributed by atoms with Crippen LogP contribution in [0.2, 0.25) is 0 Å². The second-order valence-corrected chi connectivity index (χ2v) is 7.43. The predicted molar refractivity (Wildman–Crippen MR) is 102 cm³/mol. The van der Waals surface area contributed by atoms with Gasteiger partial charge in [0.1, 0.15) is 5.69 Å². The predicted octanol–water partition coefficient (Wildman–Crippen LogP) is 0.00920. The molecule has 0 spiro atoms. The van der Waals surface area contributed by atoms with Crippen molar-refractivity contribution in [1.29, 1.82) is 0 Å². The summed E-state index contributed by atoms with van der Waals surface area (Å²) in [6.45, 7) is 2.83. The second-order valence-electron chi connectivity index (χ2n) is 7.43. The fraction of sp³-hybridized carbons (Fsp3) is 0.450. The average Bonchev–Trinajstić information content (AvgIpc) is 3.13. The van der Waals surface area contributed by atoms with Gasteiger partial charge in [0, 0.05) is 52.4 Å². The Bertz CT molecular complexity index is 974. The molecule has 142 valence electrons. The maximum absolute atomic E-state index is 12.8. The lowest BCUT2D eigenvalue weighted by Gasteiger charge is -2.38. The Morgan fingerprint density at radius 3 is 2.11 bits per heavy atom. The monoisotopic (exact) mass is 368 g/mol. The highest BCUT2D eigenvalue weighted by molar-refractivity contribution is 5.92. The largest absolute Gasteiger partial charge is 0.335 e. The maximum atomic E-state index is 12.8. The summed E-state index contributed by atoms with van der Waals surface area (Å²) in [5, 5.41) is 0. The molecular weight excluding hydrogens is 344 g/mol. The van der Waals surface area contributed by atoms with Crippen LogP contribution in [0.3, 0.4) is 0 Å². The van der Waals surface area contributed by atoms with Crippen LogP contribution in [0.1, 0.15) is 21.6 Å². The fourth-order valence-corrected chi connectivity index (χ4v) is 4.18. The van der Waals surface area contributed by atoms with E-state index in [4.69, 9.17) is 0 Å². The van der Waals surface area contributed by atoms with Gasteiger partial charge in [-0.15, -0.1) is 0 Å². The van der Waals surface area contributed by atoms with E-state index < -0.39 is 11.2 Å². The van der Waals surface area contributed by atoms with Crippen molar-refractivity contribution in [3.63, 3.8) is 0 Å². The first-order valence-electron chi connectivity index (χ1n) is 9.33. The zero-order valence-corrected chi connectivity index (χ0v) is 15.7. The van der Waals surface area contributed by atoms with Gasteiger partial charge >= 0.3 is 5.69 Å². The van der Waals surface area contributed by atoms with E-state index in [1.165, 1.54) is 35.9 Å². The minimum atomic E-state index is -0.479. The Morgan fingerprint density at radius 1 is 0.926 bits per heavy atom. The van der Waals surface area contributed by atoms with Crippen molar-refractivity contribution in [3.8, 4) is 0 Å². The molecule has 0 saturated carbocycles. The van der Waals surface area contributed by atoms with E-state index in [2.05, 4.69) is 29.2 Å². The molecule has 1 amide bonds. The standard InChI is InChI=1S/C20H24N4O3/c1-21-17(13-18(25)22(2)20(21)27)19(26)24-9-7-23(8-10-24)16-11-14-5-3-4-6-15(14)12-16/h3-6,13,16H,7-12H2,1-2H3. The average molecular weight is 368 g/mol. The Labute approximate surface area is 157 Å². The first kappa shape index (κ1) is 17.7. The van der Waals surface area contributed by atoms with Gasteiger partial charge in [0.2, 0.25) is 0 Å². The number of nitrogens with zero attached hydrogens (tertiary/aromatic N) is 4. The number of aromatic nitrogens is 2. The summed E-state index contributed by atoms with van der Waals surface area (Å²) in [7, 11) is 2.94. The number of piperazine rings is 1. The third-order valence-corrected chi connectivity index (χ3v) is 5.89. The van der Waals surface area contributed by atoms with E-state index in [9.17, 15) is 14.4 Å². The van der Waals surface area contributed by atoms with E-state index in [0.717, 1.165) is 30.5 Å². The molecule has 1 saturated heterocycles. The first-order chi connectivity index (χ1) is 13.0. The third-order valence-electron chi connectivity index (χ3n) is 5.89. The quantitative estimate of drug-likeness (QED) is 0.749. The summed E-state index contributed by atoms with van der Waals surface area (Å²) in [4.78, 5) is 41.0. The van der Waals surface area contributed by atoms with Crippen LogP contribution in [0.25, 0.3) is 0 Å². The van der Waals surface area contributed by atoms with Crippen LogP contribution in [0.5, 0.6) is 0 Å². The lowest BCUT2D eigenvalue weighted by molar-refractivity contribution is 0.0565. The van der Waals surface area contributed by atoms with Gasteiger partial charge in [-0.05, 0) is 24.0 Å². The molecule has 27 heavy (non-hydrogen) atoms. The fourth-order valence-electron chi connectivity index (χ4n) is 4.18. The molecule has 1 aliphatic carbocycles. The van der Waals surface area contributed by atoms with E-state index in [1.807, 2.05) is 0 Å². The van der Waals surface area contributed by atoms with Gasteiger partial charge in [-0.1, -0.05) is 24.3 Å². The summed E-state index contributed by atoms with van der Waals surface area (Å²) in [5.41, 5.74) is 2.08. The number of rotatable bonds is 2. The topological polar surface area (TPSA) is 67.6 Å². The first-order valence-corrected chi connectivity index (χ1v) is 9.33. The lowest BCUT2D eigenvalue weighted by atomic mass is 10.1. The number of hydrogen-bond acceptors (Lipinski definition) is 4. The van der Waals surface area contributed by atoms with Crippen LogP contribution in [0.4, 0.5) is 0 Å². The van der Waals surface area contributed by atoms with Gasteiger partial charge in [0.15, 0.2) is 0 Å². The molecule has 0 unspecified atom stereocenters. The number of carbonyl (C=O) groups excluding carboxylic acids is 1. The molecule has 0 radical (unpaired) electrons. The molecule has 1 fully saturated rings. The Hall–Kier alpha value is -2.67. The number of fused-ring (bicyclic) bond motifs is 1. The molecule has 1 aliphatic heterocycles. The number of carbonyl (C=O) groups is 1. The van der Waals surface area contributed by atoms with E-state index in [1.54, 1.807) is 4.90 Å². The summed E-state index contributed by atoms with van der Waals surface area (Å²) >= 11 is 0. The minimum absolute atomic E-state index is 0.157. The number of benzene rings is 1. The van der Waals surface area contributed by atoms with Crippen molar-refractivity contribution in [2.24, 2.45) is 14.1 Å². The van der Waals surface area contributed by atoms with Gasteiger partial charge in [-0.2, -0.15) is 0 Å². The van der Waals surface area contributed by atoms with Crippen molar-refractivity contribution >= 4 is 5.91 Å². The molecule has 7 nitrogen and oxygen atoms in total. The van der Waals surface area contributed by atoms with E-state index >= 15 is 0 Å². The molecule has 0 atom stereocenters. The minimum Gasteiger partial charge on any atom is -0.335 e. The second kappa shape index (κ2) is 6.81. The Morgan fingerprint density at radius 2 is 1.52 bits per heavy atom. The van der Waals surface area contributed by atoms with Crippen LogP contribution in [-0.2, 0) is 26.9 Å². The van der Waals surface area contributed by atoms with Crippen LogP contribution in [0.15, 0.2) is 39.9 Å². The van der Waals surface area contributed by atoms with E-state index in [0.29, 0.717) is 19.1 Å². The highest BCUT2D eigenvalue weighted by atomic mass is 16.2. The van der Waals surface area contributed by atoms with Gasteiger partial charge in [0.05, 0.1) is 0 Å². The van der Waals surface area contributed by atoms with E-state index in [-0.39, 0.29) is 11.6 Å². The van der Waals surface area contributed by atoms with Crippen LogP contribution >= 0.6 is 0 Å². The molecule has 1 aromatic carbocycles. The Balaban J connectivity index is 1.44. The van der Waals surface area contributed by atoms with Crippen LogP contribution < -0.4 is 11.2 Å². The SMILES string of the molecule is Cn1c(C(=O)N2CCN(C3Cc4ccccc4C3)CC2)cc(=O)n(C)c1=O. The molecular formula is C20H24N4O3. The van der Waals surface area contributed by atoms with Gasteiger partial charge in [0.25, 0.3) is 11.5 Å². The molecule has 0 bridgehead atoms. The molecule has 2 heterocycles. The van der Waals surface area contributed by atoms with Gasteiger partial charge < -0.3 is 4.90 Å². The molecule has 0 N–H and O–H groups in total. The summed E-state index contributed by atoms with van der Waals surface area (Å²) in [6, 6.07) is 10.3. The van der Waals surface area contributed by atoms with Crippen molar-refractivity contribution in [2.45, 2.75) is 18.9 Å². The molecule has 4 rings (SSSR count). The Kier molecular flexibility index (Phi) is 4.47. The number of amides is 1. The normalized spacial score (nSPS) is 17.9. The third kappa shape index (κ3) is 3.12. The molecule has 2 aromatic rings. The zero-order chi connectivity index (χ0) is 19.1. The van der Waals surface area contributed by atoms with Crippen LogP contribution in [0, 0.1) is 0 Å². The molecule has 1 aromatic heterocycles. The van der Waals surface area contributed by atoms with Crippen molar-refractivity contribution in [3.05, 3.63) is 68.0 Å². The number of hydrogen-bond donors (Lipinski definition) is 0. The highest BCUT2D eigenvalue weighted by Crippen LogP contribution is 2.26. The molecule has 7 heteroatoms.